The molecule has 2 rings (SSSR count). The number of fused-ring (bicyclic) bond motifs is 1. The van der Waals surface area contributed by atoms with E-state index in [2.05, 4.69) is 35.8 Å². The molecule has 0 aliphatic carbocycles. The fourth-order valence-corrected chi connectivity index (χ4v) is 2.36. The maximum Gasteiger partial charge on any atom is 0.334 e. The SMILES string of the molecule is C=CC[C@@](C)(N=Cc1ccc2ccccc2c1)C(=O)OC(C)(C)C. The highest BCUT2D eigenvalue weighted by Crippen LogP contribution is 2.22. The minimum Gasteiger partial charge on any atom is -0.458 e. The lowest BCUT2D eigenvalue weighted by Crippen LogP contribution is -2.39. The van der Waals surface area contributed by atoms with Crippen molar-refractivity contribution < 1.29 is 9.53 Å². The molecule has 0 bridgehead atoms. The molecule has 0 saturated carbocycles. The highest BCUT2D eigenvalue weighted by atomic mass is 16.6. The van der Waals surface area contributed by atoms with Crippen molar-refractivity contribution in [3.8, 4) is 0 Å². The van der Waals surface area contributed by atoms with Crippen LogP contribution in [0.5, 0.6) is 0 Å². The van der Waals surface area contributed by atoms with Gasteiger partial charge in [0.1, 0.15) is 5.60 Å². The van der Waals surface area contributed by atoms with Gasteiger partial charge in [0.2, 0.25) is 0 Å². The molecule has 2 aromatic rings. The van der Waals surface area contributed by atoms with E-state index in [9.17, 15) is 4.79 Å². The summed E-state index contributed by atoms with van der Waals surface area (Å²) in [4.78, 5) is 17.1. The van der Waals surface area contributed by atoms with Gasteiger partial charge in [-0.05, 0) is 50.1 Å². The van der Waals surface area contributed by atoms with E-state index in [1.807, 2.05) is 39.0 Å². The lowest BCUT2D eigenvalue weighted by Gasteiger charge is -2.27. The Morgan fingerprint density at radius 3 is 2.42 bits per heavy atom. The quantitative estimate of drug-likeness (QED) is 0.444. The highest BCUT2D eigenvalue weighted by molar-refractivity contribution is 5.92. The molecule has 1 atom stereocenters. The molecular weight excluding hydrogens is 298 g/mol. The number of nitrogens with zero attached hydrogens (tertiary/aromatic N) is 1. The second-order valence-corrected chi connectivity index (χ2v) is 7.13. The summed E-state index contributed by atoms with van der Waals surface area (Å²) < 4.78 is 5.51. The second-order valence-electron chi connectivity index (χ2n) is 7.13. The van der Waals surface area contributed by atoms with E-state index in [0.29, 0.717) is 6.42 Å². The molecule has 3 heteroatoms. The van der Waals surface area contributed by atoms with E-state index in [-0.39, 0.29) is 5.97 Å². The topological polar surface area (TPSA) is 38.7 Å². The van der Waals surface area contributed by atoms with E-state index in [0.717, 1.165) is 10.9 Å². The number of ether oxygens (including phenoxy) is 1. The van der Waals surface area contributed by atoms with Gasteiger partial charge in [0.15, 0.2) is 5.54 Å². The lowest BCUT2D eigenvalue weighted by atomic mass is 9.98. The Morgan fingerprint density at radius 2 is 1.79 bits per heavy atom. The molecule has 0 amide bonds. The van der Waals surface area contributed by atoms with Crippen LogP contribution in [0, 0.1) is 0 Å². The molecular formula is C21H25NO2. The van der Waals surface area contributed by atoms with Crippen molar-refractivity contribution in [3.05, 3.63) is 60.7 Å². The number of hydrogen-bond acceptors (Lipinski definition) is 3. The number of esters is 1. The van der Waals surface area contributed by atoms with Gasteiger partial charge in [0, 0.05) is 12.6 Å². The van der Waals surface area contributed by atoms with E-state index in [1.165, 1.54) is 5.39 Å². The molecule has 2 aromatic carbocycles. The van der Waals surface area contributed by atoms with Crippen LogP contribution in [0.2, 0.25) is 0 Å². The van der Waals surface area contributed by atoms with Gasteiger partial charge in [-0.15, -0.1) is 6.58 Å². The smallest absolute Gasteiger partial charge is 0.334 e. The fourth-order valence-electron chi connectivity index (χ4n) is 2.36. The number of aliphatic imine (C=N–C) groups is 1. The Balaban J connectivity index is 2.28. The zero-order valence-electron chi connectivity index (χ0n) is 14.9. The Hall–Kier alpha value is -2.42. The van der Waals surface area contributed by atoms with Gasteiger partial charge < -0.3 is 4.74 Å². The van der Waals surface area contributed by atoms with Crippen molar-refractivity contribution in [3.63, 3.8) is 0 Å². The lowest BCUT2D eigenvalue weighted by molar-refractivity contribution is -0.160. The molecule has 0 fully saturated rings. The van der Waals surface area contributed by atoms with Gasteiger partial charge in [-0.1, -0.05) is 42.5 Å². The van der Waals surface area contributed by atoms with Gasteiger partial charge in [-0.25, -0.2) is 4.79 Å². The van der Waals surface area contributed by atoms with Crippen LogP contribution < -0.4 is 0 Å². The monoisotopic (exact) mass is 323 g/mol. The van der Waals surface area contributed by atoms with Crippen molar-refractivity contribution in [1.82, 2.24) is 0 Å². The van der Waals surface area contributed by atoms with E-state index in [1.54, 1.807) is 19.2 Å². The average Bonchev–Trinajstić information content (AvgIpc) is 2.51. The first-order valence-electron chi connectivity index (χ1n) is 8.12. The van der Waals surface area contributed by atoms with Crippen LogP contribution in [-0.4, -0.2) is 23.3 Å². The molecule has 0 aliphatic rings. The van der Waals surface area contributed by atoms with Crippen LogP contribution in [0.4, 0.5) is 0 Å². The third kappa shape index (κ3) is 4.54. The first-order valence-corrected chi connectivity index (χ1v) is 8.12. The maximum absolute atomic E-state index is 12.5. The van der Waals surface area contributed by atoms with Crippen LogP contribution in [0.1, 0.15) is 39.7 Å². The summed E-state index contributed by atoms with van der Waals surface area (Å²) in [7, 11) is 0. The molecule has 126 valence electrons. The standard InChI is InChI=1S/C21H25NO2/c1-6-13-21(5,19(23)24-20(2,3)4)22-15-16-11-12-17-9-7-8-10-18(17)14-16/h6-12,14-15H,1,13H2,2-5H3/t21-/m1/s1. The predicted molar refractivity (Wildman–Crippen MR) is 101 cm³/mol. The highest BCUT2D eigenvalue weighted by Gasteiger charge is 2.35. The number of carbonyl (C=O) groups excluding carboxylic acids is 1. The van der Waals surface area contributed by atoms with Gasteiger partial charge in [0.25, 0.3) is 0 Å². The van der Waals surface area contributed by atoms with Crippen molar-refractivity contribution in [1.29, 1.82) is 0 Å². The predicted octanol–water partition coefficient (Wildman–Crippen LogP) is 4.94. The first kappa shape index (κ1) is 17.9. The van der Waals surface area contributed by atoms with Crippen LogP contribution in [0.25, 0.3) is 10.8 Å². The van der Waals surface area contributed by atoms with Crippen LogP contribution in [0.3, 0.4) is 0 Å². The normalized spacial score (nSPS) is 14.5. The minimum absolute atomic E-state index is 0.341. The van der Waals surface area contributed by atoms with Gasteiger partial charge in [-0.2, -0.15) is 0 Å². The number of rotatable bonds is 5. The Labute approximate surface area is 144 Å². The summed E-state index contributed by atoms with van der Waals surface area (Å²) >= 11 is 0. The molecule has 0 spiro atoms. The third-order valence-electron chi connectivity index (χ3n) is 3.65. The molecule has 0 radical (unpaired) electrons. The molecule has 3 nitrogen and oxygen atoms in total. The summed E-state index contributed by atoms with van der Waals surface area (Å²) in [5.74, 6) is -0.341. The van der Waals surface area contributed by atoms with Gasteiger partial charge in [0.05, 0.1) is 0 Å². The van der Waals surface area contributed by atoms with E-state index < -0.39 is 11.1 Å². The Bertz CT molecular complexity index is 771. The average molecular weight is 323 g/mol. The molecule has 24 heavy (non-hydrogen) atoms. The number of hydrogen-bond donors (Lipinski definition) is 0. The van der Waals surface area contributed by atoms with Crippen LogP contribution >= 0.6 is 0 Å². The fraction of sp³-hybridized carbons (Fsp3) is 0.333. The molecule has 0 aromatic heterocycles. The van der Waals surface area contributed by atoms with Crippen molar-refractivity contribution in [2.45, 2.75) is 45.3 Å². The van der Waals surface area contributed by atoms with Crippen molar-refractivity contribution >= 4 is 23.0 Å². The van der Waals surface area contributed by atoms with Crippen LogP contribution in [-0.2, 0) is 9.53 Å². The number of carbonyl (C=O) groups is 1. The molecule has 0 heterocycles. The minimum atomic E-state index is -0.972. The first-order chi connectivity index (χ1) is 11.2. The molecule has 0 N–H and O–H groups in total. The summed E-state index contributed by atoms with van der Waals surface area (Å²) in [6.45, 7) is 11.1. The molecule has 0 aliphatic heterocycles. The molecule has 0 unspecified atom stereocenters. The third-order valence-corrected chi connectivity index (χ3v) is 3.65. The zero-order valence-corrected chi connectivity index (χ0v) is 14.9. The van der Waals surface area contributed by atoms with E-state index in [4.69, 9.17) is 4.74 Å². The van der Waals surface area contributed by atoms with Crippen molar-refractivity contribution in [2.24, 2.45) is 4.99 Å². The van der Waals surface area contributed by atoms with Crippen LogP contribution in [0.15, 0.2) is 60.1 Å². The number of benzene rings is 2. The largest absolute Gasteiger partial charge is 0.458 e. The Morgan fingerprint density at radius 1 is 1.12 bits per heavy atom. The van der Waals surface area contributed by atoms with Gasteiger partial charge in [-0.3, -0.25) is 4.99 Å². The summed E-state index contributed by atoms with van der Waals surface area (Å²) in [5, 5.41) is 2.32. The summed E-state index contributed by atoms with van der Waals surface area (Å²) in [5.41, 5.74) is -0.564. The zero-order chi connectivity index (χ0) is 17.8. The maximum atomic E-state index is 12.5. The summed E-state index contributed by atoms with van der Waals surface area (Å²) in [6, 6.07) is 14.3. The summed E-state index contributed by atoms with van der Waals surface area (Å²) in [6.07, 6.45) is 3.85. The second kappa shape index (κ2) is 7.00. The van der Waals surface area contributed by atoms with Crippen molar-refractivity contribution in [2.75, 3.05) is 0 Å². The molecule has 0 saturated heterocycles. The Kier molecular flexibility index (Phi) is 5.23. The van der Waals surface area contributed by atoms with Gasteiger partial charge >= 0.3 is 5.97 Å². The van der Waals surface area contributed by atoms with E-state index >= 15 is 0 Å².